The molecule has 0 heterocycles. The predicted molar refractivity (Wildman–Crippen MR) is 73.6 cm³/mol. The first-order valence-electron chi connectivity index (χ1n) is 5.44. The molecule has 1 fully saturated rings. The third kappa shape index (κ3) is 3.45. The van der Waals surface area contributed by atoms with Crippen LogP contribution >= 0.6 is 22.6 Å². The maximum absolute atomic E-state index is 11.6. The maximum atomic E-state index is 11.6. The SMILES string of the molecule is Cc1ccc(NC(=O)CNC2CC2)cc1I. The van der Waals surface area contributed by atoms with Crippen molar-refractivity contribution in [2.75, 3.05) is 11.9 Å². The van der Waals surface area contributed by atoms with E-state index in [9.17, 15) is 4.79 Å². The van der Waals surface area contributed by atoms with Crippen LogP contribution < -0.4 is 10.6 Å². The van der Waals surface area contributed by atoms with Gasteiger partial charge in [0.2, 0.25) is 5.91 Å². The first-order valence-corrected chi connectivity index (χ1v) is 6.52. The normalized spacial score (nSPS) is 14.9. The molecule has 1 aromatic carbocycles. The van der Waals surface area contributed by atoms with E-state index in [2.05, 4.69) is 40.1 Å². The number of aryl methyl sites for hydroxylation is 1. The van der Waals surface area contributed by atoms with Gasteiger partial charge in [-0.1, -0.05) is 6.07 Å². The van der Waals surface area contributed by atoms with E-state index in [1.165, 1.54) is 22.0 Å². The summed E-state index contributed by atoms with van der Waals surface area (Å²) in [5.74, 6) is 0.0338. The van der Waals surface area contributed by atoms with Gasteiger partial charge in [-0.05, 0) is 60.1 Å². The van der Waals surface area contributed by atoms with Crippen molar-refractivity contribution in [3.8, 4) is 0 Å². The standard InChI is InChI=1S/C12H15IN2O/c1-8-2-3-10(6-11(8)13)15-12(16)7-14-9-4-5-9/h2-3,6,9,14H,4-5,7H2,1H3,(H,15,16). The summed E-state index contributed by atoms with van der Waals surface area (Å²) in [7, 11) is 0. The Bertz CT molecular complexity index is 402. The predicted octanol–water partition coefficient (Wildman–Crippen LogP) is 2.29. The van der Waals surface area contributed by atoms with E-state index in [0.29, 0.717) is 12.6 Å². The zero-order chi connectivity index (χ0) is 11.5. The van der Waals surface area contributed by atoms with E-state index in [0.717, 1.165) is 5.69 Å². The zero-order valence-corrected chi connectivity index (χ0v) is 11.4. The Morgan fingerprint density at radius 2 is 2.25 bits per heavy atom. The lowest BCUT2D eigenvalue weighted by atomic mass is 10.2. The van der Waals surface area contributed by atoms with Gasteiger partial charge in [0, 0.05) is 15.3 Å². The molecular formula is C12H15IN2O. The summed E-state index contributed by atoms with van der Waals surface area (Å²) in [6, 6.07) is 6.52. The van der Waals surface area contributed by atoms with Crippen LogP contribution in [0.15, 0.2) is 18.2 Å². The molecule has 0 spiro atoms. The minimum Gasteiger partial charge on any atom is -0.325 e. The number of hydrogen-bond donors (Lipinski definition) is 2. The highest BCUT2D eigenvalue weighted by molar-refractivity contribution is 14.1. The number of amides is 1. The quantitative estimate of drug-likeness (QED) is 0.832. The second kappa shape index (κ2) is 5.14. The topological polar surface area (TPSA) is 41.1 Å². The summed E-state index contributed by atoms with van der Waals surface area (Å²) in [6.45, 7) is 2.47. The van der Waals surface area contributed by atoms with Gasteiger partial charge in [-0.15, -0.1) is 0 Å². The van der Waals surface area contributed by atoms with Gasteiger partial charge in [-0.3, -0.25) is 4.79 Å². The Morgan fingerprint density at radius 1 is 1.50 bits per heavy atom. The number of hydrogen-bond acceptors (Lipinski definition) is 2. The Morgan fingerprint density at radius 3 is 2.88 bits per heavy atom. The average Bonchev–Trinajstić information content (AvgIpc) is 3.04. The lowest BCUT2D eigenvalue weighted by Crippen LogP contribution is -2.29. The molecule has 0 aromatic heterocycles. The van der Waals surface area contributed by atoms with Crippen LogP contribution in [0.4, 0.5) is 5.69 Å². The molecule has 0 atom stereocenters. The van der Waals surface area contributed by atoms with Crippen molar-refractivity contribution in [1.82, 2.24) is 5.32 Å². The second-order valence-electron chi connectivity index (χ2n) is 4.17. The maximum Gasteiger partial charge on any atom is 0.238 e. The highest BCUT2D eigenvalue weighted by atomic mass is 127. The Hall–Kier alpha value is -0.620. The lowest BCUT2D eigenvalue weighted by molar-refractivity contribution is -0.115. The van der Waals surface area contributed by atoms with E-state index in [-0.39, 0.29) is 5.91 Å². The van der Waals surface area contributed by atoms with E-state index in [1.54, 1.807) is 0 Å². The summed E-state index contributed by atoms with van der Waals surface area (Å²) in [5.41, 5.74) is 2.10. The van der Waals surface area contributed by atoms with Gasteiger partial charge in [-0.2, -0.15) is 0 Å². The molecule has 2 N–H and O–H groups in total. The molecule has 3 nitrogen and oxygen atoms in total. The van der Waals surface area contributed by atoms with Crippen LogP contribution in [0.2, 0.25) is 0 Å². The summed E-state index contributed by atoms with van der Waals surface area (Å²) in [4.78, 5) is 11.6. The molecule has 0 saturated heterocycles. The van der Waals surface area contributed by atoms with Crippen LogP contribution in [0.1, 0.15) is 18.4 Å². The number of carbonyl (C=O) groups excluding carboxylic acids is 1. The van der Waals surface area contributed by atoms with Gasteiger partial charge >= 0.3 is 0 Å². The fraction of sp³-hybridized carbons (Fsp3) is 0.417. The van der Waals surface area contributed by atoms with Gasteiger partial charge < -0.3 is 10.6 Å². The van der Waals surface area contributed by atoms with Gasteiger partial charge in [0.25, 0.3) is 0 Å². The fourth-order valence-electron chi connectivity index (χ4n) is 1.40. The van der Waals surface area contributed by atoms with Crippen molar-refractivity contribution in [2.45, 2.75) is 25.8 Å². The van der Waals surface area contributed by atoms with Crippen LogP contribution in [0.3, 0.4) is 0 Å². The molecule has 1 aliphatic carbocycles. The average molecular weight is 330 g/mol. The van der Waals surface area contributed by atoms with Crippen molar-refractivity contribution in [2.24, 2.45) is 0 Å². The number of rotatable bonds is 4. The molecule has 2 rings (SSSR count). The van der Waals surface area contributed by atoms with Gasteiger partial charge in [0.15, 0.2) is 0 Å². The third-order valence-corrected chi connectivity index (χ3v) is 3.75. The Kier molecular flexibility index (Phi) is 3.81. The molecule has 1 amide bonds. The minimum atomic E-state index is 0.0338. The molecule has 1 saturated carbocycles. The minimum absolute atomic E-state index is 0.0338. The number of anilines is 1. The first kappa shape index (κ1) is 11.9. The molecule has 4 heteroatoms. The monoisotopic (exact) mass is 330 g/mol. The largest absolute Gasteiger partial charge is 0.325 e. The van der Waals surface area contributed by atoms with Crippen LogP contribution in [0.5, 0.6) is 0 Å². The van der Waals surface area contributed by atoms with Gasteiger partial charge in [-0.25, -0.2) is 0 Å². The summed E-state index contributed by atoms with van der Waals surface area (Å²) in [6.07, 6.45) is 2.41. The van der Waals surface area contributed by atoms with E-state index >= 15 is 0 Å². The van der Waals surface area contributed by atoms with Gasteiger partial charge in [0.05, 0.1) is 6.54 Å². The van der Waals surface area contributed by atoms with E-state index in [4.69, 9.17) is 0 Å². The van der Waals surface area contributed by atoms with Crippen LogP contribution in [-0.2, 0) is 4.79 Å². The molecule has 1 aliphatic rings. The molecule has 16 heavy (non-hydrogen) atoms. The number of benzene rings is 1. The van der Waals surface area contributed by atoms with Crippen molar-refractivity contribution in [3.05, 3.63) is 27.3 Å². The Labute approximate surface area is 109 Å². The highest BCUT2D eigenvalue weighted by Crippen LogP contribution is 2.19. The van der Waals surface area contributed by atoms with Crippen molar-refractivity contribution in [1.29, 1.82) is 0 Å². The number of halogens is 1. The molecule has 1 aromatic rings. The molecule has 0 aliphatic heterocycles. The number of nitrogens with one attached hydrogen (secondary N) is 2. The fourth-order valence-corrected chi connectivity index (χ4v) is 1.92. The number of carbonyl (C=O) groups is 1. The molecular weight excluding hydrogens is 315 g/mol. The summed E-state index contributed by atoms with van der Waals surface area (Å²) in [5, 5.41) is 6.08. The van der Waals surface area contributed by atoms with Crippen molar-refractivity contribution >= 4 is 34.2 Å². The molecule has 0 unspecified atom stereocenters. The van der Waals surface area contributed by atoms with Crippen LogP contribution in [0, 0.1) is 10.5 Å². The van der Waals surface area contributed by atoms with E-state index < -0.39 is 0 Å². The first-order chi connectivity index (χ1) is 7.65. The van der Waals surface area contributed by atoms with Gasteiger partial charge in [0.1, 0.15) is 0 Å². The zero-order valence-electron chi connectivity index (χ0n) is 9.22. The second-order valence-corrected chi connectivity index (χ2v) is 5.33. The Balaban J connectivity index is 1.86. The third-order valence-electron chi connectivity index (χ3n) is 2.58. The molecule has 0 bridgehead atoms. The summed E-state index contributed by atoms with van der Waals surface area (Å²) < 4.78 is 1.17. The molecule has 0 radical (unpaired) electrons. The summed E-state index contributed by atoms with van der Waals surface area (Å²) >= 11 is 2.27. The van der Waals surface area contributed by atoms with Crippen molar-refractivity contribution < 1.29 is 4.79 Å². The van der Waals surface area contributed by atoms with Crippen LogP contribution in [-0.4, -0.2) is 18.5 Å². The molecule has 86 valence electrons. The van der Waals surface area contributed by atoms with Crippen LogP contribution in [0.25, 0.3) is 0 Å². The van der Waals surface area contributed by atoms with Crippen molar-refractivity contribution in [3.63, 3.8) is 0 Å². The smallest absolute Gasteiger partial charge is 0.238 e. The lowest BCUT2D eigenvalue weighted by Gasteiger charge is -2.07. The highest BCUT2D eigenvalue weighted by Gasteiger charge is 2.21. The van der Waals surface area contributed by atoms with E-state index in [1.807, 2.05) is 18.2 Å².